The second-order valence-electron chi connectivity index (χ2n) is 6.31. The third kappa shape index (κ3) is 4.31. The Hall–Kier alpha value is -2.54. The standard InChI is InChI=1S/C17H14ClN3O6S3/c1-29(24,25)8-3-5-10-11(7-8)28-17(20-10)21-16(23)13-12(30(2,26)27)6-4-9(14(13)18)15(19)22/h3-7H,1-2H3,(H2,19,22)(H,20,21,23). The van der Waals surface area contributed by atoms with Gasteiger partial charge in [0.25, 0.3) is 5.91 Å². The molecule has 3 rings (SSSR count). The van der Waals surface area contributed by atoms with Gasteiger partial charge in [-0.3, -0.25) is 14.9 Å². The van der Waals surface area contributed by atoms with Gasteiger partial charge >= 0.3 is 0 Å². The predicted octanol–water partition coefficient (Wildman–Crippen LogP) is 2.11. The Kier molecular flexibility index (Phi) is 5.62. The molecule has 2 amide bonds. The first-order valence-electron chi connectivity index (χ1n) is 8.03. The summed E-state index contributed by atoms with van der Waals surface area (Å²) in [5, 5.41) is 2.13. The minimum absolute atomic E-state index is 0.0839. The number of primary amides is 1. The Balaban J connectivity index is 2.08. The van der Waals surface area contributed by atoms with Gasteiger partial charge in [-0.25, -0.2) is 21.8 Å². The number of sulfone groups is 2. The Labute approximate surface area is 180 Å². The fraction of sp³-hybridized carbons (Fsp3) is 0.118. The molecule has 0 saturated carbocycles. The van der Waals surface area contributed by atoms with E-state index in [2.05, 4.69) is 10.3 Å². The summed E-state index contributed by atoms with van der Waals surface area (Å²) in [6.45, 7) is 0. The molecule has 3 aromatic rings. The molecular weight excluding hydrogens is 474 g/mol. The first-order valence-corrected chi connectivity index (χ1v) is 13.0. The maximum Gasteiger partial charge on any atom is 0.260 e. The summed E-state index contributed by atoms with van der Waals surface area (Å²) in [7, 11) is -7.29. The lowest BCUT2D eigenvalue weighted by molar-refractivity contribution is 0.1000. The van der Waals surface area contributed by atoms with Crippen LogP contribution < -0.4 is 11.1 Å². The number of carbonyl (C=O) groups excluding carboxylic acids is 2. The summed E-state index contributed by atoms with van der Waals surface area (Å²) < 4.78 is 48.1. The quantitative estimate of drug-likeness (QED) is 0.558. The average molecular weight is 488 g/mol. The molecule has 0 fully saturated rings. The SMILES string of the molecule is CS(=O)(=O)c1ccc2nc(NC(=O)c3c(S(C)(=O)=O)ccc(C(N)=O)c3Cl)sc2c1. The molecule has 3 N–H and O–H groups in total. The third-order valence-electron chi connectivity index (χ3n) is 4.00. The van der Waals surface area contributed by atoms with Gasteiger partial charge in [-0.15, -0.1) is 0 Å². The summed E-state index contributed by atoms with van der Waals surface area (Å²) in [4.78, 5) is 28.3. The molecule has 0 saturated heterocycles. The second-order valence-corrected chi connectivity index (χ2v) is 11.7. The smallest absolute Gasteiger partial charge is 0.260 e. The van der Waals surface area contributed by atoms with Crippen LogP contribution in [0, 0.1) is 0 Å². The largest absolute Gasteiger partial charge is 0.366 e. The summed E-state index contributed by atoms with van der Waals surface area (Å²) in [6, 6.07) is 6.49. The van der Waals surface area contributed by atoms with E-state index < -0.39 is 42.1 Å². The normalized spacial score (nSPS) is 12.1. The maximum absolute atomic E-state index is 12.8. The number of fused-ring (bicyclic) bond motifs is 1. The Morgan fingerprint density at radius 3 is 2.30 bits per heavy atom. The van der Waals surface area contributed by atoms with Gasteiger partial charge in [0.2, 0.25) is 5.91 Å². The lowest BCUT2D eigenvalue weighted by Crippen LogP contribution is -2.20. The molecule has 9 nitrogen and oxygen atoms in total. The molecule has 13 heteroatoms. The highest BCUT2D eigenvalue weighted by atomic mass is 35.5. The predicted molar refractivity (Wildman–Crippen MR) is 114 cm³/mol. The van der Waals surface area contributed by atoms with E-state index in [4.69, 9.17) is 17.3 Å². The van der Waals surface area contributed by atoms with Crippen molar-refractivity contribution in [1.82, 2.24) is 4.98 Å². The first kappa shape index (κ1) is 22.2. The summed E-state index contributed by atoms with van der Waals surface area (Å²) in [5.74, 6) is -1.84. The highest BCUT2D eigenvalue weighted by Gasteiger charge is 2.26. The van der Waals surface area contributed by atoms with Crippen molar-refractivity contribution >= 4 is 69.8 Å². The summed E-state index contributed by atoms with van der Waals surface area (Å²) in [5.41, 5.74) is 5.01. The number of nitrogens with one attached hydrogen (secondary N) is 1. The van der Waals surface area contributed by atoms with E-state index in [9.17, 15) is 26.4 Å². The molecule has 0 atom stereocenters. The molecule has 0 radical (unpaired) electrons. The van der Waals surface area contributed by atoms with Crippen molar-refractivity contribution in [2.24, 2.45) is 5.73 Å². The number of thiazole rings is 1. The van der Waals surface area contributed by atoms with Crippen molar-refractivity contribution in [3.8, 4) is 0 Å². The molecular formula is C17H14ClN3O6S3. The third-order valence-corrected chi connectivity index (χ3v) is 7.58. The van der Waals surface area contributed by atoms with Crippen LogP contribution in [0.2, 0.25) is 5.02 Å². The van der Waals surface area contributed by atoms with Crippen molar-refractivity contribution in [2.45, 2.75) is 9.79 Å². The lowest BCUT2D eigenvalue weighted by atomic mass is 10.1. The van der Waals surface area contributed by atoms with Crippen LogP contribution in [0.1, 0.15) is 20.7 Å². The van der Waals surface area contributed by atoms with E-state index in [1.54, 1.807) is 0 Å². The van der Waals surface area contributed by atoms with Crippen LogP contribution in [0.5, 0.6) is 0 Å². The van der Waals surface area contributed by atoms with E-state index in [1.807, 2.05) is 0 Å². The molecule has 0 spiro atoms. The number of nitrogens with zero attached hydrogens (tertiary/aromatic N) is 1. The van der Waals surface area contributed by atoms with Gasteiger partial charge < -0.3 is 5.73 Å². The highest BCUT2D eigenvalue weighted by molar-refractivity contribution is 7.91. The molecule has 0 aliphatic carbocycles. The minimum Gasteiger partial charge on any atom is -0.366 e. The number of hydrogen-bond donors (Lipinski definition) is 2. The number of anilines is 1. The number of halogens is 1. The lowest BCUT2D eigenvalue weighted by Gasteiger charge is -2.11. The molecule has 158 valence electrons. The highest BCUT2D eigenvalue weighted by Crippen LogP contribution is 2.31. The zero-order chi connectivity index (χ0) is 22.4. The van der Waals surface area contributed by atoms with Crippen LogP contribution >= 0.6 is 22.9 Å². The number of amides is 2. The molecule has 0 aliphatic rings. The van der Waals surface area contributed by atoms with Crippen molar-refractivity contribution in [1.29, 1.82) is 0 Å². The van der Waals surface area contributed by atoms with E-state index in [0.717, 1.165) is 36.0 Å². The molecule has 1 aromatic heterocycles. The van der Waals surface area contributed by atoms with Gasteiger partial charge in [0.1, 0.15) is 0 Å². The van der Waals surface area contributed by atoms with Crippen molar-refractivity contribution < 1.29 is 26.4 Å². The summed E-state index contributed by atoms with van der Waals surface area (Å²) in [6.07, 6.45) is 1.96. The van der Waals surface area contributed by atoms with Gasteiger partial charge in [0.05, 0.1) is 36.2 Å². The Morgan fingerprint density at radius 1 is 1.07 bits per heavy atom. The molecule has 30 heavy (non-hydrogen) atoms. The van der Waals surface area contributed by atoms with E-state index in [0.29, 0.717) is 10.2 Å². The molecule has 0 aliphatic heterocycles. The van der Waals surface area contributed by atoms with Crippen molar-refractivity contribution in [3.05, 3.63) is 46.5 Å². The number of aromatic nitrogens is 1. The van der Waals surface area contributed by atoms with Gasteiger partial charge in [-0.2, -0.15) is 0 Å². The topological polar surface area (TPSA) is 153 Å². The van der Waals surface area contributed by atoms with Crippen LogP contribution in [0.3, 0.4) is 0 Å². The number of benzene rings is 2. The molecule has 0 unspecified atom stereocenters. The molecule has 0 bridgehead atoms. The number of hydrogen-bond acceptors (Lipinski definition) is 8. The van der Waals surface area contributed by atoms with E-state index in [1.165, 1.54) is 18.2 Å². The van der Waals surface area contributed by atoms with E-state index in [-0.39, 0.29) is 20.5 Å². The van der Waals surface area contributed by atoms with Gasteiger partial charge in [-0.05, 0) is 30.3 Å². The number of nitrogens with two attached hydrogens (primary N) is 1. The fourth-order valence-corrected chi connectivity index (χ4v) is 5.52. The van der Waals surface area contributed by atoms with Crippen LogP contribution in [0.4, 0.5) is 5.13 Å². The zero-order valence-electron chi connectivity index (χ0n) is 15.5. The van der Waals surface area contributed by atoms with Crippen molar-refractivity contribution in [3.63, 3.8) is 0 Å². The van der Waals surface area contributed by atoms with Crippen LogP contribution in [0.15, 0.2) is 40.1 Å². The van der Waals surface area contributed by atoms with Gasteiger partial charge in [0.15, 0.2) is 24.8 Å². The van der Waals surface area contributed by atoms with Crippen LogP contribution in [-0.4, -0.2) is 46.1 Å². The Bertz CT molecular complexity index is 1430. The maximum atomic E-state index is 12.8. The van der Waals surface area contributed by atoms with E-state index >= 15 is 0 Å². The summed E-state index contributed by atoms with van der Waals surface area (Å²) >= 11 is 7.10. The monoisotopic (exact) mass is 487 g/mol. The second kappa shape index (κ2) is 7.61. The average Bonchev–Trinajstić information content (AvgIpc) is 3.00. The first-order chi connectivity index (χ1) is 13.8. The zero-order valence-corrected chi connectivity index (χ0v) is 18.7. The Morgan fingerprint density at radius 2 is 1.73 bits per heavy atom. The minimum atomic E-state index is -3.86. The fourth-order valence-electron chi connectivity index (χ4n) is 2.62. The molecule has 2 aromatic carbocycles. The van der Waals surface area contributed by atoms with Crippen LogP contribution in [-0.2, 0) is 19.7 Å². The number of carbonyl (C=O) groups is 2. The van der Waals surface area contributed by atoms with Crippen LogP contribution in [0.25, 0.3) is 10.2 Å². The van der Waals surface area contributed by atoms with Gasteiger partial charge in [-0.1, -0.05) is 22.9 Å². The molecule has 1 heterocycles. The van der Waals surface area contributed by atoms with Gasteiger partial charge in [0, 0.05) is 12.5 Å². The number of rotatable bonds is 5. The van der Waals surface area contributed by atoms with Crippen molar-refractivity contribution in [2.75, 3.05) is 17.8 Å².